The van der Waals surface area contributed by atoms with Gasteiger partial charge < -0.3 is 5.32 Å². The zero-order chi connectivity index (χ0) is 14.4. The van der Waals surface area contributed by atoms with E-state index >= 15 is 0 Å². The first kappa shape index (κ1) is 15.9. The number of anilines is 1. The molecule has 5 heteroatoms. The number of rotatable bonds is 7. The van der Waals surface area contributed by atoms with Crippen LogP contribution in [-0.4, -0.2) is 22.3 Å². The molecule has 0 bridgehead atoms. The molecule has 0 amide bonds. The van der Waals surface area contributed by atoms with E-state index in [1.807, 2.05) is 0 Å². The highest BCUT2D eigenvalue weighted by Crippen LogP contribution is 2.20. The largest absolute Gasteiger partial charge is 0.367 e. The molecule has 0 aromatic carbocycles. The maximum absolute atomic E-state index is 11.0. The molecule has 1 heterocycles. The third kappa shape index (κ3) is 5.15. The normalized spacial score (nSPS) is 12.5. The zero-order valence-electron chi connectivity index (χ0n) is 12.0. The van der Waals surface area contributed by atoms with Crippen LogP contribution in [0.5, 0.6) is 0 Å². The third-order valence-corrected chi connectivity index (χ3v) is 3.22. The molecule has 1 aromatic heterocycles. The summed E-state index contributed by atoms with van der Waals surface area (Å²) in [6.07, 6.45) is 4.10. The molecule has 19 heavy (non-hydrogen) atoms. The highest BCUT2D eigenvalue weighted by molar-refractivity contribution is 6.32. The average Bonchev–Trinajstić information content (AvgIpc) is 2.27. The number of nitrogens with one attached hydrogen (secondary N) is 1. The van der Waals surface area contributed by atoms with Crippen LogP contribution in [0.4, 0.5) is 5.82 Å². The molecule has 0 radical (unpaired) electrons. The van der Waals surface area contributed by atoms with Gasteiger partial charge in [0.2, 0.25) is 0 Å². The molecule has 0 saturated carbocycles. The van der Waals surface area contributed by atoms with Gasteiger partial charge in [-0.2, -0.15) is 0 Å². The van der Waals surface area contributed by atoms with Crippen LogP contribution in [0.25, 0.3) is 0 Å². The predicted molar refractivity (Wildman–Crippen MR) is 78.9 cm³/mol. The Kier molecular flexibility index (Phi) is 6.22. The molecule has 106 valence electrons. The first-order chi connectivity index (χ1) is 8.93. The Morgan fingerprint density at radius 3 is 2.53 bits per heavy atom. The Bertz CT molecular complexity index is 435. The van der Waals surface area contributed by atoms with Gasteiger partial charge in [0, 0.05) is 6.04 Å². The van der Waals surface area contributed by atoms with Gasteiger partial charge in [-0.15, -0.1) is 0 Å². The van der Waals surface area contributed by atoms with E-state index in [1.54, 1.807) is 6.92 Å². The SMILES string of the molecule is Cc1nc(Cl)c(C=O)c(NC(C)CCCC(C)C)n1. The van der Waals surface area contributed by atoms with E-state index in [4.69, 9.17) is 11.6 Å². The molecule has 1 rings (SSSR count). The van der Waals surface area contributed by atoms with Gasteiger partial charge in [0.05, 0.1) is 5.56 Å². The summed E-state index contributed by atoms with van der Waals surface area (Å²) in [6, 6.07) is 0.253. The second-order valence-electron chi connectivity index (χ2n) is 5.31. The van der Waals surface area contributed by atoms with E-state index < -0.39 is 0 Å². The number of halogens is 1. The maximum Gasteiger partial charge on any atom is 0.156 e. The Hall–Kier alpha value is -1.16. The fraction of sp³-hybridized carbons (Fsp3) is 0.643. The molecule has 1 atom stereocenters. The summed E-state index contributed by atoms with van der Waals surface area (Å²) in [6.45, 7) is 8.28. The lowest BCUT2D eigenvalue weighted by Crippen LogP contribution is -2.18. The second-order valence-corrected chi connectivity index (χ2v) is 5.67. The number of aromatic nitrogens is 2. The summed E-state index contributed by atoms with van der Waals surface area (Å²) in [5.74, 6) is 1.81. The Labute approximate surface area is 120 Å². The molecule has 1 N–H and O–H groups in total. The minimum atomic E-state index is 0.208. The van der Waals surface area contributed by atoms with Crippen LogP contribution in [0.15, 0.2) is 0 Å². The molecular formula is C14H22ClN3O. The van der Waals surface area contributed by atoms with Crippen LogP contribution in [0.1, 0.15) is 56.2 Å². The third-order valence-electron chi connectivity index (χ3n) is 2.93. The van der Waals surface area contributed by atoms with E-state index in [1.165, 1.54) is 6.42 Å². The lowest BCUT2D eigenvalue weighted by Gasteiger charge is -2.16. The van der Waals surface area contributed by atoms with Crippen molar-refractivity contribution in [1.29, 1.82) is 0 Å². The molecule has 0 aliphatic rings. The Morgan fingerprint density at radius 1 is 1.26 bits per heavy atom. The van der Waals surface area contributed by atoms with Crippen molar-refractivity contribution < 1.29 is 4.79 Å². The van der Waals surface area contributed by atoms with Crippen molar-refractivity contribution in [3.63, 3.8) is 0 Å². The fourth-order valence-corrected chi connectivity index (χ4v) is 2.16. The van der Waals surface area contributed by atoms with Crippen molar-refractivity contribution >= 4 is 23.7 Å². The number of nitrogens with zero attached hydrogens (tertiary/aromatic N) is 2. The van der Waals surface area contributed by atoms with E-state index in [2.05, 4.69) is 36.1 Å². The lowest BCUT2D eigenvalue weighted by molar-refractivity contribution is 0.112. The minimum Gasteiger partial charge on any atom is -0.367 e. The molecule has 1 unspecified atom stereocenters. The van der Waals surface area contributed by atoms with E-state index in [0.29, 0.717) is 29.4 Å². The molecular weight excluding hydrogens is 262 g/mol. The van der Waals surface area contributed by atoms with Gasteiger partial charge >= 0.3 is 0 Å². The van der Waals surface area contributed by atoms with Crippen molar-refractivity contribution in [3.8, 4) is 0 Å². The van der Waals surface area contributed by atoms with Gasteiger partial charge in [0.1, 0.15) is 16.8 Å². The molecule has 0 aliphatic heterocycles. The highest BCUT2D eigenvalue weighted by Gasteiger charge is 2.13. The standard InChI is InChI=1S/C14H22ClN3O/c1-9(2)6-5-7-10(3)16-14-12(8-19)13(15)17-11(4)18-14/h8-10H,5-7H2,1-4H3,(H,16,17,18). The molecule has 0 spiro atoms. The quantitative estimate of drug-likeness (QED) is 0.609. The number of aryl methyl sites for hydroxylation is 1. The number of hydrogen-bond acceptors (Lipinski definition) is 4. The summed E-state index contributed by atoms with van der Waals surface area (Å²) < 4.78 is 0. The Balaban J connectivity index is 2.68. The van der Waals surface area contributed by atoms with Crippen molar-refractivity contribution in [3.05, 3.63) is 16.5 Å². The highest BCUT2D eigenvalue weighted by atomic mass is 35.5. The van der Waals surface area contributed by atoms with Crippen LogP contribution < -0.4 is 5.32 Å². The average molecular weight is 284 g/mol. The summed E-state index contributed by atoms with van der Waals surface area (Å²) in [5, 5.41) is 3.46. The Morgan fingerprint density at radius 2 is 1.95 bits per heavy atom. The van der Waals surface area contributed by atoms with Gasteiger partial charge in [0.25, 0.3) is 0 Å². The first-order valence-electron chi connectivity index (χ1n) is 6.70. The van der Waals surface area contributed by atoms with Crippen molar-refractivity contribution in [1.82, 2.24) is 9.97 Å². The smallest absolute Gasteiger partial charge is 0.156 e. The van der Waals surface area contributed by atoms with Crippen LogP contribution in [0.3, 0.4) is 0 Å². The lowest BCUT2D eigenvalue weighted by atomic mass is 10.0. The van der Waals surface area contributed by atoms with Crippen LogP contribution in [-0.2, 0) is 0 Å². The van der Waals surface area contributed by atoms with Crippen molar-refractivity contribution in [2.24, 2.45) is 5.92 Å². The van der Waals surface area contributed by atoms with Crippen LogP contribution in [0, 0.1) is 12.8 Å². The van der Waals surface area contributed by atoms with Gasteiger partial charge in [-0.1, -0.05) is 38.3 Å². The van der Waals surface area contributed by atoms with Crippen LogP contribution >= 0.6 is 11.6 Å². The monoisotopic (exact) mass is 283 g/mol. The van der Waals surface area contributed by atoms with Gasteiger partial charge in [-0.3, -0.25) is 4.79 Å². The minimum absolute atomic E-state index is 0.208. The summed E-state index contributed by atoms with van der Waals surface area (Å²) >= 11 is 5.94. The number of hydrogen-bond donors (Lipinski definition) is 1. The second kappa shape index (κ2) is 7.43. The molecule has 0 saturated heterocycles. The van der Waals surface area contributed by atoms with E-state index in [9.17, 15) is 4.79 Å². The molecule has 1 aromatic rings. The molecule has 0 aliphatic carbocycles. The zero-order valence-corrected chi connectivity index (χ0v) is 12.8. The predicted octanol–water partition coefficient (Wildman–Crippen LogP) is 3.88. The fourth-order valence-electron chi connectivity index (χ4n) is 1.90. The maximum atomic E-state index is 11.0. The summed E-state index contributed by atoms with van der Waals surface area (Å²) in [5.41, 5.74) is 0.336. The number of carbonyl (C=O) groups is 1. The number of carbonyl (C=O) groups excluding carboxylic acids is 1. The molecule has 4 nitrogen and oxygen atoms in total. The van der Waals surface area contributed by atoms with E-state index in [0.717, 1.165) is 12.8 Å². The summed E-state index contributed by atoms with van der Waals surface area (Å²) in [7, 11) is 0. The van der Waals surface area contributed by atoms with Crippen molar-refractivity contribution in [2.75, 3.05) is 5.32 Å². The van der Waals surface area contributed by atoms with E-state index in [-0.39, 0.29) is 11.2 Å². The van der Waals surface area contributed by atoms with Gasteiger partial charge in [0.15, 0.2) is 6.29 Å². The first-order valence-corrected chi connectivity index (χ1v) is 7.07. The topological polar surface area (TPSA) is 54.9 Å². The number of aldehydes is 1. The molecule has 0 fully saturated rings. The summed E-state index contributed by atoms with van der Waals surface area (Å²) in [4.78, 5) is 19.3. The van der Waals surface area contributed by atoms with Crippen molar-refractivity contribution in [2.45, 2.75) is 53.0 Å². The van der Waals surface area contributed by atoms with Crippen LogP contribution in [0.2, 0.25) is 5.15 Å². The van der Waals surface area contributed by atoms with Gasteiger partial charge in [-0.25, -0.2) is 9.97 Å². The van der Waals surface area contributed by atoms with Gasteiger partial charge in [-0.05, 0) is 26.2 Å².